The molecular weight excluding hydrogens is 448 g/mol. The van der Waals surface area contributed by atoms with Crippen LogP contribution in [0.4, 0.5) is 20.3 Å². The summed E-state index contributed by atoms with van der Waals surface area (Å²) in [7, 11) is 3.11. The van der Waals surface area contributed by atoms with E-state index in [1.165, 1.54) is 18.7 Å². The van der Waals surface area contributed by atoms with Gasteiger partial charge in [0.2, 0.25) is 5.82 Å². The van der Waals surface area contributed by atoms with Crippen LogP contribution in [0.3, 0.4) is 0 Å². The van der Waals surface area contributed by atoms with Gasteiger partial charge in [-0.15, -0.1) is 0 Å². The first kappa shape index (κ1) is 25.1. The van der Waals surface area contributed by atoms with Crippen LogP contribution in [0.15, 0.2) is 42.5 Å². The number of nitrogens with one attached hydrogen (secondary N) is 2. The molecular formula is C23H27F2N5O4. The van der Waals surface area contributed by atoms with Crippen LogP contribution in [0.2, 0.25) is 0 Å². The summed E-state index contributed by atoms with van der Waals surface area (Å²) in [5.74, 6) is -0.703. The number of halogens is 2. The first-order chi connectivity index (χ1) is 16.2. The average Bonchev–Trinajstić information content (AvgIpc) is 3.05. The lowest BCUT2D eigenvalue weighted by Gasteiger charge is -2.25. The molecule has 0 saturated carbocycles. The zero-order chi connectivity index (χ0) is 24.8. The fourth-order valence-electron chi connectivity index (χ4n) is 3.76. The Hall–Kier alpha value is -3.57. The molecule has 2 atom stereocenters. The maximum absolute atomic E-state index is 13.7. The number of nitro groups is 1. The molecule has 3 N–H and O–H groups in total. The van der Waals surface area contributed by atoms with Crippen LogP contribution < -0.4 is 15.4 Å². The largest absolute Gasteiger partial charge is 0.497 e. The highest BCUT2D eigenvalue weighted by atomic mass is 19.1. The molecule has 0 saturated heterocycles. The van der Waals surface area contributed by atoms with Crippen LogP contribution in [0.1, 0.15) is 16.8 Å². The van der Waals surface area contributed by atoms with Gasteiger partial charge in [0.15, 0.2) is 0 Å². The third kappa shape index (κ3) is 6.27. The molecule has 34 heavy (non-hydrogen) atoms. The molecule has 1 heterocycles. The number of hydrogen-bond donors (Lipinski definition) is 3. The lowest BCUT2D eigenvalue weighted by atomic mass is 10.0. The van der Waals surface area contributed by atoms with Gasteiger partial charge in [-0.3, -0.25) is 10.1 Å². The van der Waals surface area contributed by atoms with E-state index in [9.17, 15) is 24.0 Å². The second kappa shape index (κ2) is 11.0. The Morgan fingerprint density at radius 3 is 2.56 bits per heavy atom. The van der Waals surface area contributed by atoms with E-state index in [0.717, 1.165) is 23.8 Å². The number of nitrogens with zero attached hydrogens (tertiary/aromatic N) is 3. The van der Waals surface area contributed by atoms with Crippen LogP contribution in [-0.2, 0) is 20.0 Å². The van der Waals surface area contributed by atoms with Gasteiger partial charge in [-0.05, 0) is 48.7 Å². The molecule has 1 aromatic heterocycles. The fraction of sp³-hybridized carbons (Fsp3) is 0.348. The number of methoxy groups -OCH3 is 1. The molecule has 0 fully saturated rings. The maximum atomic E-state index is 13.7. The van der Waals surface area contributed by atoms with Gasteiger partial charge in [0.25, 0.3) is 0 Å². The Bertz CT molecular complexity index is 1130. The number of aliphatic hydroxyl groups is 1. The van der Waals surface area contributed by atoms with E-state index in [0.29, 0.717) is 17.9 Å². The van der Waals surface area contributed by atoms with E-state index >= 15 is 0 Å². The summed E-state index contributed by atoms with van der Waals surface area (Å²) in [5, 5.41) is 32.7. The van der Waals surface area contributed by atoms with Gasteiger partial charge in [0.05, 0.1) is 24.2 Å². The summed E-state index contributed by atoms with van der Waals surface area (Å²) in [6.07, 6.45) is -1.05. The maximum Gasteiger partial charge on any atom is 0.333 e. The minimum absolute atomic E-state index is 0.0120. The molecule has 11 heteroatoms. The van der Waals surface area contributed by atoms with E-state index in [1.54, 1.807) is 7.11 Å². The van der Waals surface area contributed by atoms with Crippen molar-refractivity contribution in [2.75, 3.05) is 19.0 Å². The molecule has 3 aromatic rings. The van der Waals surface area contributed by atoms with Gasteiger partial charge < -0.3 is 20.5 Å². The third-order valence-corrected chi connectivity index (χ3v) is 5.35. The number of aryl methyl sites for hydroxylation is 2. The van der Waals surface area contributed by atoms with Gasteiger partial charge in [0.1, 0.15) is 23.1 Å². The van der Waals surface area contributed by atoms with Gasteiger partial charge in [-0.2, -0.15) is 5.10 Å². The SMILES string of the molecule is COc1cccc(CNCC(O)C(Cc2cc(F)cc(F)c2)Nc2c([N+](=O)[O-])c(C)nn2C)c1. The molecule has 0 bridgehead atoms. The Morgan fingerprint density at radius 2 is 1.91 bits per heavy atom. The lowest BCUT2D eigenvalue weighted by molar-refractivity contribution is -0.384. The molecule has 0 radical (unpaired) electrons. The summed E-state index contributed by atoms with van der Waals surface area (Å²) < 4.78 is 34.0. The Balaban J connectivity index is 1.80. The summed E-state index contributed by atoms with van der Waals surface area (Å²) in [4.78, 5) is 11.0. The van der Waals surface area contributed by atoms with Crippen LogP contribution in [0.5, 0.6) is 5.75 Å². The molecule has 182 valence electrons. The second-order valence-electron chi connectivity index (χ2n) is 7.95. The molecule has 9 nitrogen and oxygen atoms in total. The van der Waals surface area contributed by atoms with Crippen LogP contribution >= 0.6 is 0 Å². The summed E-state index contributed by atoms with van der Waals surface area (Å²) in [5.41, 5.74) is 1.20. The first-order valence-corrected chi connectivity index (χ1v) is 10.6. The number of hydrogen-bond acceptors (Lipinski definition) is 7. The first-order valence-electron chi connectivity index (χ1n) is 10.6. The van der Waals surface area contributed by atoms with Crippen LogP contribution in [0, 0.1) is 28.7 Å². The zero-order valence-electron chi connectivity index (χ0n) is 19.1. The third-order valence-electron chi connectivity index (χ3n) is 5.35. The van der Waals surface area contributed by atoms with Crippen molar-refractivity contribution in [3.8, 4) is 5.75 Å². The van der Waals surface area contributed by atoms with E-state index in [2.05, 4.69) is 15.7 Å². The standard InChI is InChI=1S/C23H27F2N5O4/c1-14-22(30(32)33)23(29(2)28-14)27-20(10-16-7-17(24)11-18(25)8-16)21(31)13-26-12-15-5-4-6-19(9-15)34-3/h4-9,11,20-21,26-27,31H,10,12-13H2,1-3H3. The molecule has 2 unspecified atom stereocenters. The number of benzene rings is 2. The molecule has 3 rings (SSSR count). The van der Waals surface area contributed by atoms with Crippen molar-refractivity contribution >= 4 is 11.5 Å². The molecule has 0 aliphatic heterocycles. The molecule has 2 aromatic carbocycles. The van der Waals surface area contributed by atoms with Crippen molar-refractivity contribution in [3.63, 3.8) is 0 Å². The topological polar surface area (TPSA) is 114 Å². The van der Waals surface area contributed by atoms with Gasteiger partial charge in [-0.1, -0.05) is 12.1 Å². The molecule has 0 spiro atoms. The van der Waals surface area contributed by atoms with Gasteiger partial charge >= 0.3 is 5.69 Å². The Morgan fingerprint density at radius 1 is 1.21 bits per heavy atom. The minimum atomic E-state index is -1.06. The van der Waals surface area contributed by atoms with E-state index in [-0.39, 0.29) is 30.2 Å². The van der Waals surface area contributed by atoms with Crippen molar-refractivity contribution in [3.05, 3.63) is 81.0 Å². The van der Waals surface area contributed by atoms with E-state index in [1.807, 2.05) is 24.3 Å². The fourth-order valence-corrected chi connectivity index (χ4v) is 3.76. The van der Waals surface area contributed by atoms with E-state index < -0.39 is 28.7 Å². The highest BCUT2D eigenvalue weighted by Gasteiger charge is 2.29. The highest BCUT2D eigenvalue weighted by molar-refractivity contribution is 5.60. The van der Waals surface area contributed by atoms with Crippen LogP contribution in [-0.4, -0.2) is 45.6 Å². The van der Waals surface area contributed by atoms with Gasteiger partial charge in [0, 0.05) is 26.2 Å². The number of aromatic nitrogens is 2. The average molecular weight is 475 g/mol. The number of aliphatic hydroxyl groups excluding tert-OH is 1. The predicted octanol–water partition coefficient (Wildman–Crippen LogP) is 3.10. The number of anilines is 1. The summed E-state index contributed by atoms with van der Waals surface area (Å²) in [6.45, 7) is 2.05. The molecule has 0 amide bonds. The second-order valence-corrected chi connectivity index (χ2v) is 7.95. The van der Waals surface area contributed by atoms with Crippen molar-refractivity contribution in [2.45, 2.75) is 32.0 Å². The van der Waals surface area contributed by atoms with Crippen molar-refractivity contribution in [1.82, 2.24) is 15.1 Å². The smallest absolute Gasteiger partial charge is 0.333 e. The normalized spacial score (nSPS) is 12.9. The predicted molar refractivity (Wildman–Crippen MR) is 123 cm³/mol. The van der Waals surface area contributed by atoms with Gasteiger partial charge in [-0.25, -0.2) is 13.5 Å². The van der Waals surface area contributed by atoms with Crippen molar-refractivity contribution in [2.24, 2.45) is 7.05 Å². The number of rotatable bonds is 11. The molecule has 0 aliphatic carbocycles. The van der Waals surface area contributed by atoms with E-state index in [4.69, 9.17) is 4.74 Å². The lowest BCUT2D eigenvalue weighted by Crippen LogP contribution is -2.42. The Labute approximate surface area is 195 Å². The summed E-state index contributed by atoms with van der Waals surface area (Å²) >= 11 is 0. The quantitative estimate of drug-likeness (QED) is 0.288. The highest BCUT2D eigenvalue weighted by Crippen LogP contribution is 2.29. The zero-order valence-corrected chi connectivity index (χ0v) is 19.1. The molecule has 0 aliphatic rings. The van der Waals surface area contributed by atoms with Crippen molar-refractivity contribution < 1.29 is 23.5 Å². The minimum Gasteiger partial charge on any atom is -0.497 e. The van der Waals surface area contributed by atoms with Crippen molar-refractivity contribution in [1.29, 1.82) is 0 Å². The monoisotopic (exact) mass is 475 g/mol. The number of ether oxygens (including phenoxy) is 1. The summed E-state index contributed by atoms with van der Waals surface area (Å²) in [6, 6.07) is 9.69. The van der Waals surface area contributed by atoms with Crippen LogP contribution in [0.25, 0.3) is 0 Å². The Kier molecular flexibility index (Phi) is 8.13.